The zero-order valence-corrected chi connectivity index (χ0v) is 13.6. The van der Waals surface area contributed by atoms with Crippen molar-refractivity contribution < 1.29 is 0 Å². The fourth-order valence-corrected chi connectivity index (χ4v) is 2.91. The van der Waals surface area contributed by atoms with Crippen molar-refractivity contribution in [3.8, 4) is 22.4 Å². The molecule has 0 fully saturated rings. The average Bonchev–Trinajstić information content (AvgIpc) is 2.49. The lowest BCUT2D eigenvalue weighted by Gasteiger charge is -2.10. The molecule has 0 unspecified atom stereocenters. The summed E-state index contributed by atoms with van der Waals surface area (Å²) in [5.41, 5.74) is 9.89. The Labute approximate surface area is 132 Å². The van der Waals surface area contributed by atoms with Crippen LogP contribution in [0.4, 0.5) is 0 Å². The molecule has 0 radical (unpaired) electrons. The summed E-state index contributed by atoms with van der Waals surface area (Å²) in [5.74, 6) is 0. The fraction of sp³-hybridized carbons (Fsp3) is 0.190. The summed E-state index contributed by atoms with van der Waals surface area (Å²) in [6.45, 7) is 8.56. The van der Waals surface area contributed by atoms with E-state index in [1.54, 1.807) is 0 Å². The van der Waals surface area contributed by atoms with E-state index in [0.29, 0.717) is 0 Å². The first-order valence-corrected chi connectivity index (χ1v) is 7.66. The molecule has 1 aromatic heterocycles. The van der Waals surface area contributed by atoms with E-state index in [1.165, 1.54) is 38.9 Å². The second kappa shape index (κ2) is 5.76. The van der Waals surface area contributed by atoms with Crippen LogP contribution < -0.4 is 0 Å². The summed E-state index contributed by atoms with van der Waals surface area (Å²) in [5, 5.41) is 0. The maximum Gasteiger partial charge on any atom is 0.0733 e. The quantitative estimate of drug-likeness (QED) is 0.593. The molecule has 0 amide bonds. The van der Waals surface area contributed by atoms with Gasteiger partial charge >= 0.3 is 0 Å². The van der Waals surface area contributed by atoms with Gasteiger partial charge in [-0.3, -0.25) is 4.98 Å². The molecule has 22 heavy (non-hydrogen) atoms. The number of rotatable bonds is 2. The van der Waals surface area contributed by atoms with E-state index in [-0.39, 0.29) is 0 Å². The first kappa shape index (κ1) is 14.5. The highest BCUT2D eigenvalue weighted by Gasteiger charge is 2.07. The lowest BCUT2D eigenvalue weighted by molar-refractivity contribution is 1.22. The Hall–Kier alpha value is -2.41. The molecule has 0 bridgehead atoms. The van der Waals surface area contributed by atoms with Crippen LogP contribution in [0.3, 0.4) is 0 Å². The maximum absolute atomic E-state index is 4.58. The second-order valence-electron chi connectivity index (χ2n) is 6.06. The number of aryl methyl sites for hydroxylation is 3. The maximum atomic E-state index is 4.58. The third kappa shape index (κ3) is 2.80. The minimum absolute atomic E-state index is 1.08. The van der Waals surface area contributed by atoms with Gasteiger partial charge in [-0.25, -0.2) is 0 Å². The van der Waals surface area contributed by atoms with Gasteiger partial charge in [-0.05, 0) is 62.1 Å². The van der Waals surface area contributed by atoms with Gasteiger partial charge in [-0.15, -0.1) is 0 Å². The smallest absolute Gasteiger partial charge is 0.0733 e. The lowest BCUT2D eigenvalue weighted by Crippen LogP contribution is -1.91. The first-order valence-electron chi connectivity index (χ1n) is 7.66. The van der Waals surface area contributed by atoms with Crippen LogP contribution in [-0.2, 0) is 0 Å². The Morgan fingerprint density at radius 3 is 2.09 bits per heavy atom. The SMILES string of the molecule is Cc1cc(C)cc(-c2cccc(-c3nccc(C)c3C)c2)c1. The van der Waals surface area contributed by atoms with Crippen LogP contribution >= 0.6 is 0 Å². The van der Waals surface area contributed by atoms with Crippen molar-refractivity contribution in [3.63, 3.8) is 0 Å². The van der Waals surface area contributed by atoms with Crippen LogP contribution in [0, 0.1) is 27.7 Å². The third-order valence-corrected chi connectivity index (χ3v) is 4.17. The molecule has 1 nitrogen and oxygen atoms in total. The van der Waals surface area contributed by atoms with Gasteiger partial charge in [0.25, 0.3) is 0 Å². The standard InChI is InChI=1S/C21H21N/c1-14-10-15(2)12-20(11-14)18-6-5-7-19(13-18)21-17(4)16(3)8-9-22-21/h5-13H,1-4H3. The Bertz CT molecular complexity index is 811. The van der Waals surface area contributed by atoms with E-state index in [1.807, 2.05) is 6.20 Å². The van der Waals surface area contributed by atoms with E-state index in [2.05, 4.69) is 81.2 Å². The zero-order chi connectivity index (χ0) is 15.7. The van der Waals surface area contributed by atoms with Crippen LogP contribution in [0.15, 0.2) is 54.7 Å². The van der Waals surface area contributed by atoms with Crippen LogP contribution in [0.1, 0.15) is 22.3 Å². The van der Waals surface area contributed by atoms with Gasteiger partial charge in [0.2, 0.25) is 0 Å². The van der Waals surface area contributed by atoms with Gasteiger partial charge < -0.3 is 0 Å². The highest BCUT2D eigenvalue weighted by molar-refractivity contribution is 5.73. The van der Waals surface area contributed by atoms with Crippen molar-refractivity contribution in [1.29, 1.82) is 0 Å². The number of aromatic nitrogens is 1. The van der Waals surface area contributed by atoms with Crippen LogP contribution in [-0.4, -0.2) is 4.98 Å². The molecule has 110 valence electrons. The van der Waals surface area contributed by atoms with Crippen molar-refractivity contribution in [3.05, 3.63) is 77.0 Å². The van der Waals surface area contributed by atoms with Crippen LogP contribution in [0.25, 0.3) is 22.4 Å². The van der Waals surface area contributed by atoms with Gasteiger partial charge in [-0.1, -0.05) is 47.5 Å². The molecule has 0 aliphatic carbocycles. The molecule has 0 spiro atoms. The summed E-state index contributed by atoms with van der Waals surface area (Å²) < 4.78 is 0. The molecule has 1 heteroatoms. The number of pyridine rings is 1. The molecule has 3 aromatic rings. The number of hydrogen-bond acceptors (Lipinski definition) is 1. The summed E-state index contributed by atoms with van der Waals surface area (Å²) in [4.78, 5) is 4.58. The Morgan fingerprint density at radius 1 is 0.682 bits per heavy atom. The van der Waals surface area contributed by atoms with E-state index in [4.69, 9.17) is 0 Å². The number of hydrogen-bond donors (Lipinski definition) is 0. The molecule has 1 heterocycles. The van der Waals surface area contributed by atoms with Gasteiger partial charge in [0.1, 0.15) is 0 Å². The van der Waals surface area contributed by atoms with Gasteiger partial charge in [0, 0.05) is 11.8 Å². The minimum atomic E-state index is 1.08. The Kier molecular flexibility index (Phi) is 3.81. The summed E-state index contributed by atoms with van der Waals surface area (Å²) in [7, 11) is 0. The second-order valence-corrected chi connectivity index (χ2v) is 6.06. The number of nitrogens with zero attached hydrogens (tertiary/aromatic N) is 1. The molecule has 0 N–H and O–H groups in total. The van der Waals surface area contributed by atoms with E-state index >= 15 is 0 Å². The molecule has 0 saturated carbocycles. The van der Waals surface area contributed by atoms with E-state index in [0.717, 1.165) is 5.69 Å². The topological polar surface area (TPSA) is 12.9 Å². The molecule has 2 aromatic carbocycles. The highest BCUT2D eigenvalue weighted by atomic mass is 14.7. The zero-order valence-electron chi connectivity index (χ0n) is 13.6. The average molecular weight is 287 g/mol. The minimum Gasteiger partial charge on any atom is -0.256 e. The summed E-state index contributed by atoms with van der Waals surface area (Å²) >= 11 is 0. The molecule has 0 aliphatic heterocycles. The molecular weight excluding hydrogens is 266 g/mol. The van der Waals surface area contributed by atoms with Crippen molar-refractivity contribution in [1.82, 2.24) is 4.98 Å². The highest BCUT2D eigenvalue weighted by Crippen LogP contribution is 2.29. The van der Waals surface area contributed by atoms with Crippen LogP contribution in [0.2, 0.25) is 0 Å². The predicted molar refractivity (Wildman–Crippen MR) is 94.1 cm³/mol. The van der Waals surface area contributed by atoms with E-state index in [9.17, 15) is 0 Å². The van der Waals surface area contributed by atoms with Crippen molar-refractivity contribution in [2.75, 3.05) is 0 Å². The molecular formula is C21H21N. The van der Waals surface area contributed by atoms with E-state index < -0.39 is 0 Å². The Balaban J connectivity index is 2.12. The molecule has 3 rings (SSSR count). The van der Waals surface area contributed by atoms with Crippen molar-refractivity contribution in [2.45, 2.75) is 27.7 Å². The summed E-state index contributed by atoms with van der Waals surface area (Å²) in [6, 6.07) is 17.4. The van der Waals surface area contributed by atoms with Gasteiger partial charge in [-0.2, -0.15) is 0 Å². The molecule has 0 saturated heterocycles. The van der Waals surface area contributed by atoms with Crippen molar-refractivity contribution in [2.24, 2.45) is 0 Å². The largest absolute Gasteiger partial charge is 0.256 e. The molecule has 0 atom stereocenters. The van der Waals surface area contributed by atoms with Crippen LogP contribution in [0.5, 0.6) is 0 Å². The number of benzene rings is 2. The third-order valence-electron chi connectivity index (χ3n) is 4.17. The lowest BCUT2D eigenvalue weighted by atomic mass is 9.96. The molecule has 0 aliphatic rings. The summed E-state index contributed by atoms with van der Waals surface area (Å²) in [6.07, 6.45) is 1.89. The predicted octanol–water partition coefficient (Wildman–Crippen LogP) is 5.65. The Morgan fingerprint density at radius 2 is 1.36 bits per heavy atom. The van der Waals surface area contributed by atoms with Gasteiger partial charge in [0.15, 0.2) is 0 Å². The first-order chi connectivity index (χ1) is 10.5. The fourth-order valence-electron chi connectivity index (χ4n) is 2.91. The van der Waals surface area contributed by atoms with Gasteiger partial charge in [0.05, 0.1) is 5.69 Å². The monoisotopic (exact) mass is 287 g/mol. The normalized spacial score (nSPS) is 10.7. The van der Waals surface area contributed by atoms with Crippen molar-refractivity contribution >= 4 is 0 Å².